The number of benzene rings is 1. The fourth-order valence-electron chi connectivity index (χ4n) is 2.44. The van der Waals surface area contributed by atoms with Crippen molar-refractivity contribution in [1.82, 2.24) is 9.88 Å². The Labute approximate surface area is 121 Å². The van der Waals surface area contributed by atoms with Crippen molar-refractivity contribution in [3.8, 4) is 0 Å². The number of aromatic nitrogens is 1. The van der Waals surface area contributed by atoms with Gasteiger partial charge in [0.2, 0.25) is 5.91 Å². The van der Waals surface area contributed by atoms with E-state index in [1.54, 1.807) is 6.07 Å². The minimum absolute atomic E-state index is 0.151. The molecule has 0 saturated carbocycles. The summed E-state index contributed by atoms with van der Waals surface area (Å²) in [5.74, 6) is -0.664. The average molecular weight is 286 g/mol. The molecule has 20 heavy (non-hydrogen) atoms. The Bertz CT molecular complexity index is 693. The summed E-state index contributed by atoms with van der Waals surface area (Å²) in [5, 5.41) is 2.71. The number of imide groups is 1. The highest BCUT2D eigenvalue weighted by atomic mass is 32.1. The third-order valence-corrected chi connectivity index (χ3v) is 4.45. The van der Waals surface area contributed by atoms with Gasteiger partial charge in [-0.05, 0) is 25.5 Å². The van der Waals surface area contributed by atoms with E-state index >= 15 is 0 Å². The standard InChI is InChI=1S/C15H14N2O2S/c1-9-8-20-13(16-9)7-17-14(18)10(2)11-5-3-4-6-12(11)15(17)19/h3-6,8,10H,7H2,1-2H3. The van der Waals surface area contributed by atoms with E-state index in [1.165, 1.54) is 16.2 Å². The lowest BCUT2D eigenvalue weighted by molar-refractivity contribution is -0.130. The van der Waals surface area contributed by atoms with Crippen molar-refractivity contribution in [3.05, 3.63) is 51.5 Å². The van der Waals surface area contributed by atoms with Crippen LogP contribution in [0.4, 0.5) is 0 Å². The van der Waals surface area contributed by atoms with Gasteiger partial charge in [-0.15, -0.1) is 11.3 Å². The number of nitrogens with zero attached hydrogens (tertiary/aromatic N) is 2. The minimum Gasteiger partial charge on any atom is -0.274 e. The molecule has 2 heterocycles. The topological polar surface area (TPSA) is 50.3 Å². The van der Waals surface area contributed by atoms with Crippen LogP contribution in [0.15, 0.2) is 29.6 Å². The van der Waals surface area contributed by atoms with Crippen molar-refractivity contribution >= 4 is 23.2 Å². The molecule has 4 nitrogen and oxygen atoms in total. The molecule has 1 aromatic heterocycles. The highest BCUT2D eigenvalue weighted by Crippen LogP contribution is 2.30. The molecule has 2 amide bonds. The van der Waals surface area contributed by atoms with Crippen LogP contribution in [-0.2, 0) is 11.3 Å². The molecule has 0 fully saturated rings. The number of carbonyl (C=O) groups is 2. The first-order valence-electron chi connectivity index (χ1n) is 6.43. The summed E-state index contributed by atoms with van der Waals surface area (Å²) in [4.78, 5) is 30.5. The van der Waals surface area contributed by atoms with Crippen LogP contribution in [0.1, 0.15) is 39.5 Å². The van der Waals surface area contributed by atoms with Gasteiger partial charge in [0, 0.05) is 16.6 Å². The van der Waals surface area contributed by atoms with Crippen molar-refractivity contribution in [2.45, 2.75) is 26.3 Å². The van der Waals surface area contributed by atoms with Crippen LogP contribution in [0.5, 0.6) is 0 Å². The molecule has 1 atom stereocenters. The van der Waals surface area contributed by atoms with Gasteiger partial charge >= 0.3 is 0 Å². The maximum atomic E-state index is 12.5. The van der Waals surface area contributed by atoms with Gasteiger partial charge in [-0.3, -0.25) is 14.5 Å². The van der Waals surface area contributed by atoms with Crippen LogP contribution in [0.3, 0.4) is 0 Å². The number of hydrogen-bond donors (Lipinski definition) is 0. The SMILES string of the molecule is Cc1csc(CN2C(=O)c3ccccc3C(C)C2=O)n1. The molecular formula is C15H14N2O2S. The first kappa shape index (κ1) is 13.0. The molecule has 0 bridgehead atoms. The van der Waals surface area contributed by atoms with Crippen molar-refractivity contribution < 1.29 is 9.59 Å². The second kappa shape index (κ2) is 4.83. The average Bonchev–Trinajstić information content (AvgIpc) is 2.86. The zero-order valence-electron chi connectivity index (χ0n) is 11.3. The number of aryl methyl sites for hydroxylation is 1. The third kappa shape index (κ3) is 2.04. The van der Waals surface area contributed by atoms with Gasteiger partial charge in [0.1, 0.15) is 5.01 Å². The molecule has 0 radical (unpaired) electrons. The van der Waals surface area contributed by atoms with E-state index in [0.29, 0.717) is 5.56 Å². The Morgan fingerprint density at radius 3 is 2.75 bits per heavy atom. The zero-order chi connectivity index (χ0) is 14.3. The quantitative estimate of drug-likeness (QED) is 0.798. The third-order valence-electron chi connectivity index (χ3n) is 3.50. The van der Waals surface area contributed by atoms with Gasteiger partial charge in [-0.1, -0.05) is 18.2 Å². The van der Waals surface area contributed by atoms with Crippen LogP contribution in [0.25, 0.3) is 0 Å². The highest BCUT2D eigenvalue weighted by molar-refractivity contribution is 7.09. The van der Waals surface area contributed by atoms with Crippen LogP contribution in [0, 0.1) is 6.92 Å². The second-order valence-corrected chi connectivity index (χ2v) is 5.86. The normalized spacial score (nSPS) is 18.3. The van der Waals surface area contributed by atoms with Gasteiger partial charge in [-0.25, -0.2) is 4.98 Å². The van der Waals surface area contributed by atoms with E-state index in [1.807, 2.05) is 37.4 Å². The Kier molecular flexibility index (Phi) is 3.14. The Morgan fingerprint density at radius 1 is 1.30 bits per heavy atom. The van der Waals surface area contributed by atoms with Crippen molar-refractivity contribution in [2.75, 3.05) is 0 Å². The van der Waals surface area contributed by atoms with E-state index in [-0.39, 0.29) is 24.3 Å². The van der Waals surface area contributed by atoms with E-state index in [2.05, 4.69) is 4.98 Å². The Balaban J connectivity index is 1.97. The van der Waals surface area contributed by atoms with Crippen molar-refractivity contribution in [3.63, 3.8) is 0 Å². The highest BCUT2D eigenvalue weighted by Gasteiger charge is 2.36. The van der Waals surface area contributed by atoms with E-state index in [9.17, 15) is 9.59 Å². The molecule has 0 saturated heterocycles. The summed E-state index contributed by atoms with van der Waals surface area (Å²) >= 11 is 1.47. The molecule has 1 aliphatic heterocycles. The van der Waals surface area contributed by atoms with Crippen LogP contribution in [0.2, 0.25) is 0 Å². The lowest BCUT2D eigenvalue weighted by Crippen LogP contribution is -2.43. The molecule has 5 heteroatoms. The van der Waals surface area contributed by atoms with E-state index in [0.717, 1.165) is 16.3 Å². The fourth-order valence-corrected chi connectivity index (χ4v) is 3.20. The summed E-state index contributed by atoms with van der Waals surface area (Å²) in [5.41, 5.74) is 2.34. The molecular weight excluding hydrogens is 272 g/mol. The largest absolute Gasteiger partial charge is 0.274 e. The lowest BCUT2D eigenvalue weighted by atomic mass is 9.90. The molecule has 1 unspecified atom stereocenters. The Morgan fingerprint density at radius 2 is 2.05 bits per heavy atom. The first-order valence-corrected chi connectivity index (χ1v) is 7.31. The predicted octanol–water partition coefficient (Wildman–Crippen LogP) is 2.74. The van der Waals surface area contributed by atoms with Crippen LogP contribution >= 0.6 is 11.3 Å². The number of amides is 2. The number of thiazole rings is 1. The molecule has 2 aromatic rings. The van der Waals surface area contributed by atoms with Gasteiger partial charge < -0.3 is 0 Å². The molecule has 102 valence electrons. The van der Waals surface area contributed by atoms with Crippen LogP contribution < -0.4 is 0 Å². The first-order chi connectivity index (χ1) is 9.58. The number of carbonyl (C=O) groups excluding carboxylic acids is 2. The predicted molar refractivity (Wildman–Crippen MR) is 76.6 cm³/mol. The monoisotopic (exact) mass is 286 g/mol. The summed E-state index contributed by atoms with van der Waals surface area (Å²) < 4.78 is 0. The summed E-state index contributed by atoms with van der Waals surface area (Å²) in [6.45, 7) is 4.00. The maximum Gasteiger partial charge on any atom is 0.261 e. The van der Waals surface area contributed by atoms with E-state index in [4.69, 9.17) is 0 Å². The summed E-state index contributed by atoms with van der Waals surface area (Å²) in [6, 6.07) is 7.31. The molecule has 3 rings (SSSR count). The fraction of sp³-hybridized carbons (Fsp3) is 0.267. The van der Waals surface area contributed by atoms with Gasteiger partial charge in [0.05, 0.1) is 12.5 Å². The van der Waals surface area contributed by atoms with Gasteiger partial charge in [-0.2, -0.15) is 0 Å². The molecule has 0 N–H and O–H groups in total. The second-order valence-electron chi connectivity index (χ2n) is 4.92. The lowest BCUT2D eigenvalue weighted by Gasteiger charge is -2.30. The molecule has 0 spiro atoms. The summed E-state index contributed by atoms with van der Waals surface area (Å²) in [7, 11) is 0. The van der Waals surface area contributed by atoms with Crippen molar-refractivity contribution in [2.24, 2.45) is 0 Å². The zero-order valence-corrected chi connectivity index (χ0v) is 12.1. The summed E-state index contributed by atoms with van der Waals surface area (Å²) in [6.07, 6.45) is 0. The Hall–Kier alpha value is -2.01. The molecule has 1 aromatic carbocycles. The number of hydrogen-bond acceptors (Lipinski definition) is 4. The number of fused-ring (bicyclic) bond motifs is 1. The van der Waals surface area contributed by atoms with Crippen molar-refractivity contribution in [1.29, 1.82) is 0 Å². The van der Waals surface area contributed by atoms with E-state index < -0.39 is 0 Å². The molecule has 0 aliphatic carbocycles. The minimum atomic E-state index is -0.287. The number of rotatable bonds is 2. The van der Waals surface area contributed by atoms with Gasteiger partial charge in [0.25, 0.3) is 5.91 Å². The molecule has 1 aliphatic rings. The maximum absolute atomic E-state index is 12.5. The van der Waals surface area contributed by atoms with Gasteiger partial charge in [0.15, 0.2) is 0 Å². The smallest absolute Gasteiger partial charge is 0.261 e. The van der Waals surface area contributed by atoms with Crippen LogP contribution in [-0.4, -0.2) is 21.7 Å².